The molecule has 0 saturated carbocycles. The van der Waals surface area contributed by atoms with E-state index < -0.39 is 0 Å². The normalized spacial score (nSPS) is 10.4. The number of rotatable bonds is 3. The van der Waals surface area contributed by atoms with E-state index in [1.807, 2.05) is 36.4 Å². The number of hydrogen-bond donors (Lipinski definition) is 1. The molecule has 0 unspecified atom stereocenters. The van der Waals surface area contributed by atoms with Gasteiger partial charge in [0.15, 0.2) is 0 Å². The van der Waals surface area contributed by atoms with Crippen LogP contribution in [-0.4, -0.2) is 4.98 Å². The SMILES string of the molecule is NCc1cccc(Cl)c1Sc1ccccn1. The summed E-state index contributed by atoms with van der Waals surface area (Å²) < 4.78 is 0. The lowest BCUT2D eigenvalue weighted by atomic mass is 10.2. The van der Waals surface area contributed by atoms with Gasteiger partial charge in [-0.3, -0.25) is 0 Å². The molecule has 0 spiro atoms. The first-order valence-electron chi connectivity index (χ1n) is 4.87. The van der Waals surface area contributed by atoms with Gasteiger partial charge in [-0.25, -0.2) is 4.98 Å². The molecule has 0 amide bonds. The van der Waals surface area contributed by atoms with Crippen LogP contribution in [0.5, 0.6) is 0 Å². The third-order valence-electron chi connectivity index (χ3n) is 2.11. The first kappa shape index (κ1) is 11.5. The van der Waals surface area contributed by atoms with E-state index in [0.29, 0.717) is 6.54 Å². The van der Waals surface area contributed by atoms with Crippen LogP contribution < -0.4 is 5.73 Å². The number of hydrogen-bond acceptors (Lipinski definition) is 3. The van der Waals surface area contributed by atoms with Gasteiger partial charge in [-0.15, -0.1) is 0 Å². The third kappa shape index (κ3) is 2.55. The van der Waals surface area contributed by atoms with Crippen molar-refractivity contribution in [3.8, 4) is 0 Å². The second-order valence-electron chi connectivity index (χ2n) is 3.20. The fraction of sp³-hybridized carbons (Fsp3) is 0.0833. The van der Waals surface area contributed by atoms with Crippen LogP contribution in [0.4, 0.5) is 0 Å². The Morgan fingerprint density at radius 1 is 1.19 bits per heavy atom. The van der Waals surface area contributed by atoms with Crippen LogP contribution >= 0.6 is 23.4 Å². The fourth-order valence-corrected chi connectivity index (χ4v) is 2.57. The molecule has 0 bridgehead atoms. The van der Waals surface area contributed by atoms with Gasteiger partial charge >= 0.3 is 0 Å². The molecule has 82 valence electrons. The molecule has 1 aromatic heterocycles. The van der Waals surface area contributed by atoms with E-state index in [4.69, 9.17) is 17.3 Å². The first-order chi connectivity index (χ1) is 7.81. The van der Waals surface area contributed by atoms with Crippen LogP contribution in [0.2, 0.25) is 5.02 Å². The van der Waals surface area contributed by atoms with Gasteiger partial charge in [0.1, 0.15) is 5.03 Å². The molecule has 4 heteroatoms. The Morgan fingerprint density at radius 2 is 2.06 bits per heavy atom. The maximum atomic E-state index is 6.15. The summed E-state index contributed by atoms with van der Waals surface area (Å²) in [6, 6.07) is 11.6. The molecule has 0 fully saturated rings. The molecule has 1 aromatic carbocycles. The van der Waals surface area contributed by atoms with Crippen LogP contribution in [0.25, 0.3) is 0 Å². The summed E-state index contributed by atoms with van der Waals surface area (Å²) >= 11 is 7.70. The topological polar surface area (TPSA) is 38.9 Å². The highest BCUT2D eigenvalue weighted by molar-refractivity contribution is 7.99. The van der Waals surface area contributed by atoms with E-state index in [1.54, 1.807) is 18.0 Å². The molecule has 2 rings (SSSR count). The maximum absolute atomic E-state index is 6.15. The highest BCUT2D eigenvalue weighted by Crippen LogP contribution is 2.34. The first-order valence-corrected chi connectivity index (χ1v) is 6.07. The predicted molar refractivity (Wildman–Crippen MR) is 67.7 cm³/mol. The summed E-state index contributed by atoms with van der Waals surface area (Å²) in [7, 11) is 0. The number of nitrogens with zero attached hydrogens (tertiary/aromatic N) is 1. The standard InChI is InChI=1S/C12H11ClN2S/c13-10-5-3-4-9(8-14)12(10)16-11-6-1-2-7-15-11/h1-7H,8,14H2. The van der Waals surface area contributed by atoms with E-state index in [-0.39, 0.29) is 0 Å². The Labute approximate surface area is 104 Å². The highest BCUT2D eigenvalue weighted by Gasteiger charge is 2.07. The average Bonchev–Trinajstić information content (AvgIpc) is 2.33. The quantitative estimate of drug-likeness (QED) is 0.908. The summed E-state index contributed by atoms with van der Waals surface area (Å²) in [4.78, 5) is 5.25. The summed E-state index contributed by atoms with van der Waals surface area (Å²) in [5.41, 5.74) is 6.73. The molecule has 0 saturated heterocycles. The molecular weight excluding hydrogens is 240 g/mol. The molecule has 0 atom stereocenters. The van der Waals surface area contributed by atoms with E-state index in [2.05, 4.69) is 4.98 Å². The Hall–Kier alpha value is -1.03. The summed E-state index contributed by atoms with van der Waals surface area (Å²) in [5, 5.41) is 1.64. The van der Waals surface area contributed by atoms with Gasteiger partial charge in [-0.2, -0.15) is 0 Å². The van der Waals surface area contributed by atoms with Gasteiger partial charge in [0.05, 0.1) is 5.02 Å². The van der Waals surface area contributed by atoms with Crippen molar-refractivity contribution in [2.45, 2.75) is 16.5 Å². The number of benzene rings is 1. The molecule has 0 aliphatic heterocycles. The van der Waals surface area contributed by atoms with Crippen molar-refractivity contribution < 1.29 is 0 Å². The van der Waals surface area contributed by atoms with E-state index >= 15 is 0 Å². The number of aromatic nitrogens is 1. The largest absolute Gasteiger partial charge is 0.326 e. The van der Waals surface area contributed by atoms with E-state index in [1.165, 1.54) is 0 Å². The van der Waals surface area contributed by atoms with Crippen molar-refractivity contribution in [1.29, 1.82) is 0 Å². The van der Waals surface area contributed by atoms with Crippen LogP contribution in [-0.2, 0) is 6.54 Å². The minimum Gasteiger partial charge on any atom is -0.326 e. The minimum absolute atomic E-state index is 0.482. The van der Waals surface area contributed by atoms with E-state index in [0.717, 1.165) is 20.5 Å². The molecule has 16 heavy (non-hydrogen) atoms. The van der Waals surface area contributed by atoms with Crippen molar-refractivity contribution in [2.24, 2.45) is 5.73 Å². The fourth-order valence-electron chi connectivity index (χ4n) is 1.34. The summed E-state index contributed by atoms with van der Waals surface area (Å²) in [6.07, 6.45) is 1.77. The van der Waals surface area contributed by atoms with Crippen LogP contribution in [0.1, 0.15) is 5.56 Å². The zero-order chi connectivity index (χ0) is 11.4. The van der Waals surface area contributed by atoms with Crippen molar-refractivity contribution in [2.75, 3.05) is 0 Å². The van der Waals surface area contributed by atoms with Crippen molar-refractivity contribution in [3.05, 3.63) is 53.2 Å². The van der Waals surface area contributed by atoms with Crippen molar-refractivity contribution in [3.63, 3.8) is 0 Å². The predicted octanol–water partition coefficient (Wildman–Crippen LogP) is 3.34. The number of pyridine rings is 1. The molecule has 0 radical (unpaired) electrons. The lowest BCUT2D eigenvalue weighted by Gasteiger charge is -2.08. The summed E-state index contributed by atoms with van der Waals surface area (Å²) in [5.74, 6) is 0. The molecular formula is C12H11ClN2S. The Balaban J connectivity index is 2.34. The molecule has 2 aromatic rings. The van der Waals surface area contributed by atoms with Crippen LogP contribution in [0, 0.1) is 0 Å². The van der Waals surface area contributed by atoms with Gasteiger partial charge in [0, 0.05) is 17.6 Å². The molecule has 0 aliphatic carbocycles. The molecule has 2 nitrogen and oxygen atoms in total. The molecule has 1 heterocycles. The Bertz CT molecular complexity index is 474. The zero-order valence-corrected chi connectivity index (χ0v) is 10.1. The second-order valence-corrected chi connectivity index (χ2v) is 4.64. The Morgan fingerprint density at radius 3 is 2.75 bits per heavy atom. The van der Waals surface area contributed by atoms with Crippen LogP contribution in [0.3, 0.4) is 0 Å². The number of nitrogens with two attached hydrogens (primary N) is 1. The Kier molecular flexibility index (Phi) is 3.83. The van der Waals surface area contributed by atoms with Gasteiger partial charge in [-0.05, 0) is 23.8 Å². The number of halogens is 1. The summed E-state index contributed by atoms with van der Waals surface area (Å²) in [6.45, 7) is 0.482. The van der Waals surface area contributed by atoms with Gasteiger partial charge < -0.3 is 5.73 Å². The van der Waals surface area contributed by atoms with Crippen LogP contribution in [0.15, 0.2) is 52.5 Å². The minimum atomic E-state index is 0.482. The molecule has 0 aliphatic rings. The van der Waals surface area contributed by atoms with Crippen molar-refractivity contribution in [1.82, 2.24) is 4.98 Å². The monoisotopic (exact) mass is 250 g/mol. The molecule has 2 N–H and O–H groups in total. The lowest BCUT2D eigenvalue weighted by Crippen LogP contribution is -1.98. The van der Waals surface area contributed by atoms with Gasteiger partial charge in [0.25, 0.3) is 0 Å². The van der Waals surface area contributed by atoms with Crippen molar-refractivity contribution >= 4 is 23.4 Å². The third-order valence-corrected chi connectivity index (χ3v) is 3.68. The zero-order valence-electron chi connectivity index (χ0n) is 8.56. The smallest absolute Gasteiger partial charge is 0.101 e. The average molecular weight is 251 g/mol. The second kappa shape index (κ2) is 5.34. The van der Waals surface area contributed by atoms with E-state index in [9.17, 15) is 0 Å². The van der Waals surface area contributed by atoms with Gasteiger partial charge in [-0.1, -0.05) is 41.6 Å². The lowest BCUT2D eigenvalue weighted by molar-refractivity contribution is 1.02. The highest BCUT2D eigenvalue weighted by atomic mass is 35.5. The van der Waals surface area contributed by atoms with Gasteiger partial charge in [0.2, 0.25) is 0 Å². The maximum Gasteiger partial charge on any atom is 0.101 e.